The van der Waals surface area contributed by atoms with Gasteiger partial charge in [-0.15, -0.1) is 0 Å². The molecule has 26 heavy (non-hydrogen) atoms. The van der Waals surface area contributed by atoms with Crippen LogP contribution >= 0.6 is 0 Å². The van der Waals surface area contributed by atoms with Crippen LogP contribution in [0.15, 0.2) is 45.6 Å². The van der Waals surface area contributed by atoms with E-state index in [1.54, 1.807) is 12.1 Å². The summed E-state index contributed by atoms with van der Waals surface area (Å²) < 4.78 is 25.0. The van der Waals surface area contributed by atoms with Crippen LogP contribution in [-0.4, -0.2) is 6.73 Å². The number of hydrogen-bond donors (Lipinski definition) is 0. The number of hydrogen-bond acceptors (Lipinski definition) is 4. The molecule has 134 valence electrons. The molecule has 0 N–H and O–H groups in total. The highest BCUT2D eigenvalue weighted by atomic mass is 19.1. The predicted molar refractivity (Wildman–Crippen MR) is 99.3 cm³/mol. The van der Waals surface area contributed by atoms with Crippen molar-refractivity contribution in [3.63, 3.8) is 0 Å². The van der Waals surface area contributed by atoms with Crippen LogP contribution in [0.3, 0.4) is 0 Å². The summed E-state index contributed by atoms with van der Waals surface area (Å²) in [5, 5.41) is 0.951. The van der Waals surface area contributed by atoms with E-state index >= 15 is 0 Å². The molecule has 0 unspecified atom stereocenters. The topological polar surface area (TPSA) is 42.7 Å². The van der Waals surface area contributed by atoms with Gasteiger partial charge >= 0.3 is 5.63 Å². The van der Waals surface area contributed by atoms with Gasteiger partial charge in [-0.3, -0.25) is 0 Å². The number of fused-ring (bicyclic) bond motifs is 2. The largest absolute Gasteiger partial charge is 0.472 e. The second-order valence-corrected chi connectivity index (χ2v) is 6.66. The predicted octanol–water partition coefficient (Wildman–Crippen LogP) is 4.55. The van der Waals surface area contributed by atoms with Crippen LogP contribution in [0, 0.1) is 12.7 Å². The normalized spacial score (nSPS) is 13.6. The van der Waals surface area contributed by atoms with E-state index in [1.165, 1.54) is 12.1 Å². The molecule has 0 bridgehead atoms. The van der Waals surface area contributed by atoms with Gasteiger partial charge in [0.25, 0.3) is 0 Å². The monoisotopic (exact) mass is 353 g/mol. The van der Waals surface area contributed by atoms with Gasteiger partial charge in [-0.1, -0.05) is 19.4 Å². The fraction of sp³-hybridized carbons (Fsp3) is 0.286. The van der Waals surface area contributed by atoms with Gasteiger partial charge in [0.05, 0.1) is 0 Å². The number of benzene rings is 2. The zero-order valence-electron chi connectivity index (χ0n) is 14.8. The minimum atomic E-state index is -0.332. The summed E-state index contributed by atoms with van der Waals surface area (Å²) in [5.74, 6) is 0.483. The van der Waals surface area contributed by atoms with E-state index in [4.69, 9.17) is 9.15 Å². The Kier molecular flexibility index (Phi) is 4.15. The molecule has 0 aliphatic carbocycles. The molecule has 5 heteroatoms. The zero-order valence-corrected chi connectivity index (χ0v) is 14.8. The highest BCUT2D eigenvalue weighted by Gasteiger charge is 2.23. The molecule has 0 saturated heterocycles. The fourth-order valence-corrected chi connectivity index (χ4v) is 3.60. The van der Waals surface area contributed by atoms with Crippen molar-refractivity contribution < 1.29 is 13.5 Å². The molecule has 4 rings (SSSR count). The van der Waals surface area contributed by atoms with Crippen molar-refractivity contribution >= 4 is 16.7 Å². The van der Waals surface area contributed by atoms with Gasteiger partial charge < -0.3 is 14.1 Å². The maximum atomic E-state index is 13.6. The van der Waals surface area contributed by atoms with E-state index in [0.29, 0.717) is 18.9 Å². The average molecular weight is 353 g/mol. The number of anilines is 1. The lowest BCUT2D eigenvalue weighted by Crippen LogP contribution is -2.32. The number of aryl methyl sites for hydroxylation is 2. The van der Waals surface area contributed by atoms with Gasteiger partial charge in [-0.2, -0.15) is 0 Å². The summed E-state index contributed by atoms with van der Waals surface area (Å²) in [7, 11) is 0. The molecular weight excluding hydrogens is 333 g/mol. The number of ether oxygens (including phenoxy) is 1. The lowest BCUT2D eigenvalue weighted by atomic mass is 9.98. The van der Waals surface area contributed by atoms with Gasteiger partial charge in [0.1, 0.15) is 17.1 Å². The molecule has 0 spiro atoms. The number of rotatable bonds is 3. The van der Waals surface area contributed by atoms with Crippen molar-refractivity contribution in [2.75, 3.05) is 11.6 Å². The van der Waals surface area contributed by atoms with Gasteiger partial charge in [-0.25, -0.2) is 9.18 Å². The fourth-order valence-electron chi connectivity index (χ4n) is 3.60. The first-order chi connectivity index (χ1) is 12.6. The third-order valence-corrected chi connectivity index (χ3v) is 4.80. The Morgan fingerprint density at radius 2 is 2.08 bits per heavy atom. The SMILES string of the molecule is CCCc1cc(=O)oc2c(C)c3c(cc12)CN(c1cccc(F)c1)CO3. The molecule has 2 heterocycles. The van der Waals surface area contributed by atoms with Crippen molar-refractivity contribution in [3.8, 4) is 5.75 Å². The van der Waals surface area contributed by atoms with Crippen molar-refractivity contribution in [1.29, 1.82) is 0 Å². The highest BCUT2D eigenvalue weighted by Crippen LogP contribution is 2.37. The Hall–Kier alpha value is -2.82. The summed E-state index contributed by atoms with van der Waals surface area (Å²) in [5.41, 5.74) is 3.89. The summed E-state index contributed by atoms with van der Waals surface area (Å²) in [6.45, 7) is 4.93. The van der Waals surface area contributed by atoms with Gasteiger partial charge in [0.2, 0.25) is 0 Å². The Labute approximate surface area is 150 Å². The van der Waals surface area contributed by atoms with Crippen LogP contribution < -0.4 is 15.3 Å². The molecule has 0 amide bonds. The highest BCUT2D eigenvalue weighted by molar-refractivity contribution is 5.86. The second-order valence-electron chi connectivity index (χ2n) is 6.66. The van der Waals surface area contributed by atoms with Crippen LogP contribution in [-0.2, 0) is 13.0 Å². The average Bonchev–Trinajstić information content (AvgIpc) is 2.63. The summed E-state index contributed by atoms with van der Waals surface area (Å²) >= 11 is 0. The van der Waals surface area contributed by atoms with E-state index in [2.05, 4.69) is 6.92 Å². The van der Waals surface area contributed by atoms with E-state index in [-0.39, 0.29) is 11.4 Å². The molecule has 2 aromatic carbocycles. The van der Waals surface area contributed by atoms with Crippen molar-refractivity contribution in [2.24, 2.45) is 0 Å². The van der Waals surface area contributed by atoms with Gasteiger partial charge in [-0.05, 0) is 43.2 Å². The lowest BCUT2D eigenvalue weighted by molar-refractivity contribution is 0.287. The Morgan fingerprint density at radius 3 is 2.85 bits per heavy atom. The molecule has 0 fully saturated rings. The van der Waals surface area contributed by atoms with E-state index in [9.17, 15) is 9.18 Å². The van der Waals surface area contributed by atoms with Crippen LogP contribution in [0.2, 0.25) is 0 Å². The van der Waals surface area contributed by atoms with Crippen LogP contribution in [0.4, 0.5) is 10.1 Å². The van der Waals surface area contributed by atoms with Crippen LogP contribution in [0.25, 0.3) is 11.0 Å². The first-order valence-electron chi connectivity index (χ1n) is 8.79. The Balaban J connectivity index is 1.82. The molecule has 1 aromatic heterocycles. The maximum Gasteiger partial charge on any atom is 0.336 e. The molecule has 0 saturated carbocycles. The van der Waals surface area contributed by atoms with Crippen molar-refractivity contribution in [3.05, 3.63) is 69.3 Å². The smallest absolute Gasteiger partial charge is 0.336 e. The van der Waals surface area contributed by atoms with Crippen molar-refractivity contribution in [2.45, 2.75) is 33.2 Å². The molecule has 4 nitrogen and oxygen atoms in total. The third kappa shape index (κ3) is 2.83. The third-order valence-electron chi connectivity index (χ3n) is 4.80. The Bertz CT molecular complexity index is 1040. The lowest BCUT2D eigenvalue weighted by Gasteiger charge is -2.32. The van der Waals surface area contributed by atoms with Crippen LogP contribution in [0.5, 0.6) is 5.75 Å². The molecule has 3 aromatic rings. The van der Waals surface area contributed by atoms with E-state index < -0.39 is 0 Å². The molecule has 1 aliphatic heterocycles. The zero-order chi connectivity index (χ0) is 18.3. The molecular formula is C21H20FNO3. The quantitative estimate of drug-likeness (QED) is 0.648. The number of nitrogens with zero attached hydrogens (tertiary/aromatic N) is 1. The van der Waals surface area contributed by atoms with E-state index in [1.807, 2.05) is 24.0 Å². The van der Waals surface area contributed by atoms with Gasteiger partial charge in [0.15, 0.2) is 6.73 Å². The minimum absolute atomic E-state index is 0.269. The summed E-state index contributed by atoms with van der Waals surface area (Å²) in [4.78, 5) is 13.9. The van der Waals surface area contributed by atoms with Crippen LogP contribution in [0.1, 0.15) is 30.0 Å². The Morgan fingerprint density at radius 1 is 1.23 bits per heavy atom. The molecule has 0 atom stereocenters. The van der Waals surface area contributed by atoms with Crippen molar-refractivity contribution in [1.82, 2.24) is 0 Å². The minimum Gasteiger partial charge on any atom is -0.472 e. The second kappa shape index (κ2) is 6.48. The summed E-state index contributed by atoms with van der Waals surface area (Å²) in [6, 6.07) is 10.1. The molecule has 0 radical (unpaired) electrons. The first-order valence-corrected chi connectivity index (χ1v) is 8.79. The molecule has 1 aliphatic rings. The van der Waals surface area contributed by atoms with Gasteiger partial charge in [0, 0.05) is 34.8 Å². The number of halogens is 1. The van der Waals surface area contributed by atoms with E-state index in [0.717, 1.165) is 46.4 Å². The maximum absolute atomic E-state index is 13.6. The standard InChI is InChI=1S/C21H20FNO3/c1-3-5-14-9-19(24)26-21-13(2)20-15(8-18(14)21)11-23(12-25-20)17-7-4-6-16(22)10-17/h4,6-10H,3,5,11-12H2,1-2H3. The summed E-state index contributed by atoms with van der Waals surface area (Å²) in [6.07, 6.45) is 1.76. The first kappa shape index (κ1) is 16.6.